The maximum Gasteiger partial charge on any atom is 0.432 e. The van der Waals surface area contributed by atoms with Gasteiger partial charge in [0, 0.05) is 12.1 Å². The van der Waals surface area contributed by atoms with Crippen molar-refractivity contribution in [1.82, 2.24) is 0 Å². The number of hydrogen-bond donors (Lipinski definition) is 0. The lowest BCUT2D eigenvalue weighted by Crippen LogP contribution is -2.25. The van der Waals surface area contributed by atoms with Gasteiger partial charge in [0.15, 0.2) is 17.4 Å². The van der Waals surface area contributed by atoms with Crippen LogP contribution in [-0.2, 0) is 12.5 Å². The van der Waals surface area contributed by atoms with Gasteiger partial charge in [-0.1, -0.05) is 36.4 Å². The zero-order chi connectivity index (χ0) is 24.9. The first-order valence-electron chi connectivity index (χ1n) is 10.1. The lowest BCUT2D eigenvalue weighted by molar-refractivity contribution is -0.189. The monoisotopic (exact) mass is 484 g/mol. The van der Waals surface area contributed by atoms with Crippen LogP contribution in [0.5, 0.6) is 11.5 Å². The summed E-state index contributed by atoms with van der Waals surface area (Å²) in [6, 6.07) is 8.74. The summed E-state index contributed by atoms with van der Waals surface area (Å²) in [5.41, 5.74) is -0.332. The van der Waals surface area contributed by atoms with E-state index < -0.39 is 53.3 Å². The summed E-state index contributed by atoms with van der Waals surface area (Å²) in [6.45, 7) is 0.340. The molecule has 0 aliphatic rings. The Hall–Kier alpha value is -3.49. The summed E-state index contributed by atoms with van der Waals surface area (Å²) >= 11 is 0. The van der Waals surface area contributed by atoms with E-state index in [1.54, 1.807) is 24.3 Å². The average Bonchev–Trinajstić information content (AvgIpc) is 2.76. The SMILES string of the molecule is C/C=C/CCc1ccc(-c2cc(F)c(C(F)(F)Oc3cc(F)c(OCF)c(F)c3)c(F)c2)cc1. The molecule has 2 nitrogen and oxygen atoms in total. The molecule has 0 unspecified atom stereocenters. The first-order chi connectivity index (χ1) is 16.2. The lowest BCUT2D eigenvalue weighted by Gasteiger charge is -2.20. The quantitative estimate of drug-likeness (QED) is 0.227. The first kappa shape index (κ1) is 25.1. The maximum atomic E-state index is 14.6. The van der Waals surface area contributed by atoms with Crippen LogP contribution in [0.4, 0.5) is 30.7 Å². The summed E-state index contributed by atoms with van der Waals surface area (Å²) in [5, 5.41) is 0. The van der Waals surface area contributed by atoms with Gasteiger partial charge < -0.3 is 9.47 Å². The number of aryl methyl sites for hydroxylation is 1. The average molecular weight is 484 g/mol. The molecule has 3 aromatic rings. The molecule has 0 heterocycles. The Labute approximate surface area is 191 Å². The zero-order valence-electron chi connectivity index (χ0n) is 17.9. The van der Waals surface area contributed by atoms with E-state index in [9.17, 15) is 30.7 Å². The predicted molar refractivity (Wildman–Crippen MR) is 112 cm³/mol. The van der Waals surface area contributed by atoms with Crippen molar-refractivity contribution in [3.63, 3.8) is 0 Å². The molecule has 3 rings (SSSR count). The third-order valence-corrected chi connectivity index (χ3v) is 4.87. The standard InChI is InChI=1S/C25H19F7O2/c1-2-3-4-5-15-6-8-16(9-7-15)17-10-19(27)23(20(28)11-17)25(31,32)34-18-12-21(29)24(33-14-26)22(30)13-18/h2-3,6-13H,4-5,14H2,1H3/b3-2+. The van der Waals surface area contributed by atoms with Gasteiger partial charge in [-0.25, -0.2) is 22.0 Å². The molecule has 3 aromatic carbocycles. The normalized spacial score (nSPS) is 11.8. The van der Waals surface area contributed by atoms with E-state index in [4.69, 9.17) is 0 Å². The first-order valence-corrected chi connectivity index (χ1v) is 10.1. The van der Waals surface area contributed by atoms with Gasteiger partial charge in [-0.15, -0.1) is 0 Å². The number of allylic oxidation sites excluding steroid dienone is 2. The fourth-order valence-corrected chi connectivity index (χ4v) is 3.29. The molecular weight excluding hydrogens is 465 g/mol. The highest BCUT2D eigenvalue weighted by atomic mass is 19.3. The molecule has 0 bridgehead atoms. The Balaban J connectivity index is 1.86. The minimum absolute atomic E-state index is 0.0133. The fourth-order valence-electron chi connectivity index (χ4n) is 3.29. The Morgan fingerprint density at radius 2 is 1.41 bits per heavy atom. The molecule has 0 aromatic heterocycles. The Morgan fingerprint density at radius 1 is 0.824 bits per heavy atom. The molecule has 34 heavy (non-hydrogen) atoms. The van der Waals surface area contributed by atoms with Gasteiger partial charge in [0.25, 0.3) is 0 Å². The Morgan fingerprint density at radius 3 is 1.94 bits per heavy atom. The van der Waals surface area contributed by atoms with Crippen LogP contribution in [0.2, 0.25) is 0 Å². The molecule has 0 spiro atoms. The van der Waals surface area contributed by atoms with Gasteiger partial charge in [0.2, 0.25) is 6.86 Å². The highest BCUT2D eigenvalue weighted by Gasteiger charge is 2.41. The molecule has 9 heteroatoms. The van der Waals surface area contributed by atoms with Crippen LogP contribution in [0.25, 0.3) is 11.1 Å². The van der Waals surface area contributed by atoms with E-state index in [1.165, 1.54) is 0 Å². The minimum atomic E-state index is -4.62. The number of benzene rings is 3. The zero-order valence-corrected chi connectivity index (χ0v) is 17.9. The lowest BCUT2D eigenvalue weighted by atomic mass is 10.00. The summed E-state index contributed by atoms with van der Waals surface area (Å²) in [7, 11) is 0. The van der Waals surface area contributed by atoms with Gasteiger partial charge in [-0.05, 0) is 48.6 Å². The molecule has 0 atom stereocenters. The second-order valence-corrected chi connectivity index (χ2v) is 7.21. The molecule has 0 N–H and O–H groups in total. The summed E-state index contributed by atoms with van der Waals surface area (Å²) in [6.07, 6.45) is 0.879. The van der Waals surface area contributed by atoms with E-state index in [0.29, 0.717) is 17.7 Å². The van der Waals surface area contributed by atoms with Crippen LogP contribution in [0.15, 0.2) is 60.7 Å². The van der Waals surface area contributed by atoms with Crippen LogP contribution in [0.3, 0.4) is 0 Å². The van der Waals surface area contributed by atoms with E-state index in [2.05, 4.69) is 9.47 Å². The van der Waals surface area contributed by atoms with Gasteiger partial charge >= 0.3 is 6.11 Å². The van der Waals surface area contributed by atoms with Crippen molar-refractivity contribution in [2.24, 2.45) is 0 Å². The van der Waals surface area contributed by atoms with Gasteiger partial charge in [-0.2, -0.15) is 8.78 Å². The third-order valence-electron chi connectivity index (χ3n) is 4.87. The van der Waals surface area contributed by atoms with Crippen molar-refractivity contribution in [2.45, 2.75) is 25.9 Å². The molecule has 0 saturated carbocycles. The van der Waals surface area contributed by atoms with Crippen LogP contribution >= 0.6 is 0 Å². The summed E-state index contributed by atoms with van der Waals surface area (Å²) < 4.78 is 106. The topological polar surface area (TPSA) is 18.5 Å². The highest BCUT2D eigenvalue weighted by Crippen LogP contribution is 2.38. The van der Waals surface area contributed by atoms with Gasteiger partial charge in [0.05, 0.1) is 0 Å². The minimum Gasteiger partial charge on any atom is -0.457 e. The number of halogens is 7. The highest BCUT2D eigenvalue weighted by molar-refractivity contribution is 5.64. The largest absolute Gasteiger partial charge is 0.457 e. The van der Waals surface area contributed by atoms with Crippen molar-refractivity contribution in [1.29, 1.82) is 0 Å². The smallest absolute Gasteiger partial charge is 0.432 e. The molecule has 0 radical (unpaired) electrons. The van der Waals surface area contributed by atoms with Gasteiger partial charge in [0.1, 0.15) is 22.9 Å². The molecular formula is C25H19F7O2. The second-order valence-electron chi connectivity index (χ2n) is 7.21. The molecule has 180 valence electrons. The van der Waals surface area contributed by atoms with Crippen molar-refractivity contribution >= 4 is 0 Å². The number of hydrogen-bond acceptors (Lipinski definition) is 2. The fraction of sp³-hybridized carbons (Fsp3) is 0.200. The van der Waals surface area contributed by atoms with Crippen LogP contribution in [0, 0.1) is 23.3 Å². The van der Waals surface area contributed by atoms with Crippen molar-refractivity contribution in [2.75, 3.05) is 6.86 Å². The molecule has 0 aliphatic heterocycles. The van der Waals surface area contributed by atoms with Crippen molar-refractivity contribution in [3.8, 4) is 22.6 Å². The van der Waals surface area contributed by atoms with Crippen molar-refractivity contribution in [3.05, 3.63) is 95.1 Å². The molecule has 0 saturated heterocycles. The number of ether oxygens (including phenoxy) is 2. The predicted octanol–water partition coefficient (Wildman–Crippen LogP) is 7.85. The van der Waals surface area contributed by atoms with Crippen LogP contribution in [0.1, 0.15) is 24.5 Å². The number of alkyl halides is 3. The number of rotatable bonds is 9. The Kier molecular flexibility index (Phi) is 7.86. The molecule has 0 fully saturated rings. The summed E-state index contributed by atoms with van der Waals surface area (Å²) in [5.74, 6) is -8.52. The second kappa shape index (κ2) is 10.6. The molecule has 0 amide bonds. The maximum absolute atomic E-state index is 14.6. The van der Waals surface area contributed by atoms with E-state index in [0.717, 1.165) is 18.4 Å². The Bertz CT molecular complexity index is 1130. The summed E-state index contributed by atoms with van der Waals surface area (Å²) in [4.78, 5) is 0. The van der Waals surface area contributed by atoms with Gasteiger partial charge in [-0.3, -0.25) is 0 Å². The van der Waals surface area contributed by atoms with E-state index in [-0.39, 0.29) is 17.7 Å². The third kappa shape index (κ3) is 5.70. The van der Waals surface area contributed by atoms with Crippen LogP contribution < -0.4 is 9.47 Å². The van der Waals surface area contributed by atoms with Crippen molar-refractivity contribution < 1.29 is 40.2 Å². The van der Waals surface area contributed by atoms with Crippen LogP contribution in [-0.4, -0.2) is 6.86 Å². The molecule has 0 aliphatic carbocycles. The van der Waals surface area contributed by atoms with E-state index in [1.807, 2.05) is 19.1 Å². The van der Waals surface area contributed by atoms with E-state index >= 15 is 0 Å².